The Bertz CT molecular complexity index is 426. The molecule has 0 saturated carbocycles. The van der Waals surface area contributed by atoms with Crippen molar-refractivity contribution in [1.29, 1.82) is 0 Å². The first-order valence-electron chi connectivity index (χ1n) is 11.2. The van der Waals surface area contributed by atoms with E-state index in [0.717, 1.165) is 19.4 Å². The fourth-order valence-corrected chi connectivity index (χ4v) is 3.02. The summed E-state index contributed by atoms with van der Waals surface area (Å²) in [5, 5.41) is 0. The van der Waals surface area contributed by atoms with Crippen molar-refractivity contribution < 1.29 is 9.59 Å². The molecule has 3 nitrogen and oxygen atoms in total. The molecule has 3 heteroatoms. The first kappa shape index (κ1) is 25.6. The van der Waals surface area contributed by atoms with Crippen LogP contribution < -0.4 is 0 Å². The molecule has 0 fully saturated rings. The molecule has 0 aromatic heterocycles. The minimum absolute atomic E-state index is 0.0868. The molecule has 0 N–H and O–H groups in total. The number of carbonyl (C=O) groups is 2. The van der Waals surface area contributed by atoms with Gasteiger partial charge in [0.15, 0.2) is 5.78 Å². The largest absolute Gasteiger partial charge is 0.342 e. The van der Waals surface area contributed by atoms with E-state index in [1.165, 1.54) is 96.1 Å². The molecule has 0 heterocycles. The zero-order valence-electron chi connectivity index (χ0n) is 18.2. The van der Waals surface area contributed by atoms with Crippen molar-refractivity contribution in [3.63, 3.8) is 0 Å². The third-order valence-corrected chi connectivity index (χ3v) is 4.84. The average Bonchev–Trinajstić information content (AvgIpc) is 2.65. The Labute approximate surface area is 168 Å². The molecule has 0 spiro atoms. The van der Waals surface area contributed by atoms with Crippen LogP contribution in [0.4, 0.5) is 0 Å². The van der Waals surface area contributed by atoms with Crippen molar-refractivity contribution in [1.82, 2.24) is 4.90 Å². The molecule has 0 rings (SSSR count). The maximum absolute atomic E-state index is 11.7. The molecule has 0 aromatic rings. The Morgan fingerprint density at radius 1 is 0.704 bits per heavy atom. The molecular formula is C24H43NO2. The summed E-state index contributed by atoms with van der Waals surface area (Å²) in [4.78, 5) is 24.2. The number of hydrogen-bond donors (Lipinski definition) is 0. The van der Waals surface area contributed by atoms with Crippen LogP contribution in [0.25, 0.3) is 0 Å². The van der Waals surface area contributed by atoms with Gasteiger partial charge in [-0.2, -0.15) is 0 Å². The van der Waals surface area contributed by atoms with Crippen LogP contribution >= 0.6 is 0 Å². The monoisotopic (exact) mass is 377 g/mol. The molecule has 0 saturated heterocycles. The summed E-state index contributed by atoms with van der Waals surface area (Å²) >= 11 is 0. The highest BCUT2D eigenvalue weighted by Gasteiger charge is 2.04. The molecule has 0 bridgehead atoms. The molecule has 0 unspecified atom stereocenters. The molecule has 0 aliphatic carbocycles. The highest BCUT2D eigenvalue weighted by Crippen LogP contribution is 2.10. The number of rotatable bonds is 18. The molecule has 156 valence electrons. The van der Waals surface area contributed by atoms with Gasteiger partial charge in [0, 0.05) is 19.7 Å². The van der Waals surface area contributed by atoms with Gasteiger partial charge in [-0.25, -0.2) is 0 Å². The summed E-state index contributed by atoms with van der Waals surface area (Å²) in [5.41, 5.74) is 0. The minimum Gasteiger partial charge on any atom is -0.342 e. The molecule has 27 heavy (non-hydrogen) atoms. The lowest BCUT2D eigenvalue weighted by Crippen LogP contribution is -2.25. The van der Waals surface area contributed by atoms with Crippen molar-refractivity contribution in [3.05, 3.63) is 24.3 Å². The number of ketones is 1. The van der Waals surface area contributed by atoms with Crippen molar-refractivity contribution in [3.8, 4) is 0 Å². The summed E-state index contributed by atoms with van der Waals surface area (Å²) in [6, 6.07) is 0. The van der Waals surface area contributed by atoms with Gasteiger partial charge in [0.1, 0.15) is 0 Å². The quantitative estimate of drug-likeness (QED) is 0.153. The maximum Gasteiger partial charge on any atom is 0.246 e. The van der Waals surface area contributed by atoms with Gasteiger partial charge in [0.2, 0.25) is 5.91 Å². The van der Waals surface area contributed by atoms with E-state index in [1.54, 1.807) is 11.9 Å². The lowest BCUT2D eigenvalue weighted by Gasteiger charge is -2.14. The predicted molar refractivity (Wildman–Crippen MR) is 117 cm³/mol. The van der Waals surface area contributed by atoms with Gasteiger partial charge < -0.3 is 4.90 Å². The lowest BCUT2D eigenvalue weighted by molar-refractivity contribution is -0.125. The highest BCUT2D eigenvalue weighted by molar-refractivity contribution is 5.96. The Morgan fingerprint density at radius 2 is 1.19 bits per heavy atom. The summed E-state index contributed by atoms with van der Waals surface area (Å²) in [5.74, 6) is -0.176. The Morgan fingerprint density at radius 3 is 1.70 bits per heavy atom. The Hall–Kier alpha value is -1.38. The number of allylic oxidation sites excluding steroid dienone is 3. The zero-order chi connectivity index (χ0) is 20.2. The van der Waals surface area contributed by atoms with Crippen molar-refractivity contribution >= 4 is 11.7 Å². The van der Waals surface area contributed by atoms with E-state index in [1.807, 2.05) is 0 Å². The van der Waals surface area contributed by atoms with Crippen molar-refractivity contribution in [2.24, 2.45) is 0 Å². The average molecular weight is 378 g/mol. The zero-order valence-corrected chi connectivity index (χ0v) is 18.2. The third kappa shape index (κ3) is 19.2. The van der Waals surface area contributed by atoms with Gasteiger partial charge in [-0.15, -0.1) is 0 Å². The van der Waals surface area contributed by atoms with Crippen molar-refractivity contribution in [2.75, 3.05) is 13.6 Å². The smallest absolute Gasteiger partial charge is 0.246 e. The molecule has 0 aromatic carbocycles. The first-order chi connectivity index (χ1) is 13.1. The second kappa shape index (κ2) is 19.4. The topological polar surface area (TPSA) is 37.4 Å². The number of likely N-dealkylation sites (N-methyl/N-ethyl adjacent to an activating group) is 1. The van der Waals surface area contributed by atoms with Crippen LogP contribution in [0.5, 0.6) is 0 Å². The second-order valence-electron chi connectivity index (χ2n) is 7.64. The predicted octanol–water partition coefficient (Wildman–Crippen LogP) is 6.63. The number of unbranched alkanes of at least 4 members (excludes halogenated alkanes) is 12. The first-order valence-corrected chi connectivity index (χ1v) is 11.2. The van der Waals surface area contributed by atoms with Gasteiger partial charge in [-0.05, 0) is 45.1 Å². The van der Waals surface area contributed by atoms with Crippen LogP contribution in [0.3, 0.4) is 0 Å². The minimum atomic E-state index is -0.0896. The van der Waals surface area contributed by atoms with Gasteiger partial charge >= 0.3 is 0 Å². The third-order valence-electron chi connectivity index (χ3n) is 4.84. The molecule has 0 radical (unpaired) electrons. The summed E-state index contributed by atoms with van der Waals surface area (Å²) < 4.78 is 0. The van der Waals surface area contributed by atoms with E-state index in [-0.39, 0.29) is 11.7 Å². The summed E-state index contributed by atoms with van der Waals surface area (Å²) in [6.07, 6.45) is 25.5. The van der Waals surface area contributed by atoms with Gasteiger partial charge in [-0.1, -0.05) is 76.9 Å². The van der Waals surface area contributed by atoms with Gasteiger partial charge in [-0.3, -0.25) is 9.59 Å². The molecule has 0 aliphatic rings. The summed E-state index contributed by atoms with van der Waals surface area (Å²) in [7, 11) is 1.79. The van der Waals surface area contributed by atoms with Crippen LogP contribution in [0.2, 0.25) is 0 Å². The van der Waals surface area contributed by atoms with E-state index in [9.17, 15) is 9.59 Å². The fraction of sp³-hybridized carbons (Fsp3) is 0.750. The molecule has 1 amide bonds. The maximum atomic E-state index is 11.7. The van der Waals surface area contributed by atoms with Crippen LogP contribution in [-0.4, -0.2) is 30.2 Å². The van der Waals surface area contributed by atoms with E-state index in [0.29, 0.717) is 0 Å². The van der Waals surface area contributed by atoms with Crippen LogP contribution in [-0.2, 0) is 9.59 Å². The normalized spacial score (nSPS) is 11.5. The number of hydrogen-bond acceptors (Lipinski definition) is 2. The molecular weight excluding hydrogens is 334 g/mol. The molecule has 0 atom stereocenters. The standard InChI is InChI=1S/C24H43NO2/c1-4-5-6-7-8-9-10-11-12-13-14-15-16-17-18-19-22-25(3)24(27)21-20-23(2)26/h12-13,20-21H,4-11,14-19,22H2,1-3H3/b13-12+,21-20-. The summed E-state index contributed by atoms with van der Waals surface area (Å²) in [6.45, 7) is 4.48. The van der Waals surface area contributed by atoms with Crippen LogP contribution in [0.1, 0.15) is 104 Å². The highest BCUT2D eigenvalue weighted by atomic mass is 16.2. The number of nitrogens with zero attached hydrogens (tertiary/aromatic N) is 1. The lowest BCUT2D eigenvalue weighted by atomic mass is 10.1. The van der Waals surface area contributed by atoms with Crippen LogP contribution in [0, 0.1) is 0 Å². The Kier molecular flexibility index (Phi) is 18.4. The second-order valence-corrected chi connectivity index (χ2v) is 7.64. The van der Waals surface area contributed by atoms with E-state index >= 15 is 0 Å². The Balaban J connectivity index is 3.37. The fourth-order valence-electron chi connectivity index (χ4n) is 3.02. The SMILES string of the molecule is CCCCCCCCC/C=C/CCCCCCCN(C)C(=O)/C=C\C(C)=O. The van der Waals surface area contributed by atoms with Crippen LogP contribution in [0.15, 0.2) is 24.3 Å². The van der Waals surface area contributed by atoms with E-state index in [4.69, 9.17) is 0 Å². The molecule has 0 aliphatic heterocycles. The number of carbonyl (C=O) groups excluding carboxylic acids is 2. The van der Waals surface area contributed by atoms with Crippen molar-refractivity contribution in [2.45, 2.75) is 104 Å². The number of amides is 1. The van der Waals surface area contributed by atoms with Gasteiger partial charge in [0.05, 0.1) is 0 Å². The van der Waals surface area contributed by atoms with E-state index in [2.05, 4.69) is 19.1 Å². The van der Waals surface area contributed by atoms with E-state index < -0.39 is 0 Å². The van der Waals surface area contributed by atoms with Gasteiger partial charge in [0.25, 0.3) is 0 Å².